The lowest BCUT2D eigenvalue weighted by molar-refractivity contribution is -0.0994. The summed E-state index contributed by atoms with van der Waals surface area (Å²) in [6.07, 6.45) is 0.475. The molecule has 6 N–H and O–H groups in total. The molecular formula is C19H25N7O5S. The minimum atomic E-state index is -3.99. The van der Waals surface area contributed by atoms with Gasteiger partial charge in [0.1, 0.15) is 18.5 Å². The zero-order valence-electron chi connectivity index (χ0n) is 17.3. The molecule has 4 atom stereocenters. The van der Waals surface area contributed by atoms with E-state index in [0.717, 1.165) is 12.8 Å². The first-order valence-electron chi connectivity index (χ1n) is 9.96. The van der Waals surface area contributed by atoms with Gasteiger partial charge in [-0.15, -0.1) is 0 Å². The largest absolute Gasteiger partial charge is 0.386 e. The van der Waals surface area contributed by atoms with Crippen molar-refractivity contribution in [1.29, 1.82) is 0 Å². The van der Waals surface area contributed by atoms with Crippen LogP contribution in [0, 0.1) is 0 Å². The number of hydrogen-bond donors (Lipinski definition) is 5. The van der Waals surface area contributed by atoms with E-state index in [-0.39, 0.29) is 12.6 Å². The lowest BCUT2D eigenvalue weighted by Gasteiger charge is -2.26. The fourth-order valence-electron chi connectivity index (χ4n) is 3.92. The maximum atomic E-state index is 11.1. The first kappa shape index (κ1) is 22.5. The molecule has 4 rings (SSSR count). The average Bonchev–Trinajstić information content (AvgIpc) is 3.38. The van der Waals surface area contributed by atoms with Gasteiger partial charge >= 0.3 is 0 Å². The Balaban J connectivity index is 1.56. The van der Waals surface area contributed by atoms with Crippen molar-refractivity contribution in [1.82, 2.24) is 24.2 Å². The Bertz CT molecular complexity index is 1200. The molecule has 0 bridgehead atoms. The predicted molar refractivity (Wildman–Crippen MR) is 116 cm³/mol. The van der Waals surface area contributed by atoms with Gasteiger partial charge in [0.15, 0.2) is 23.2 Å². The summed E-state index contributed by atoms with van der Waals surface area (Å²) in [4.78, 5) is 12.8. The smallest absolute Gasteiger partial charge is 0.274 e. The second-order valence-electron chi connectivity index (χ2n) is 7.55. The summed E-state index contributed by atoms with van der Waals surface area (Å²) >= 11 is 0. The summed E-state index contributed by atoms with van der Waals surface area (Å²) in [5.41, 5.74) is 3.23. The van der Waals surface area contributed by atoms with Gasteiger partial charge in [0, 0.05) is 13.7 Å². The maximum Gasteiger partial charge on any atom is 0.274 e. The highest BCUT2D eigenvalue weighted by Gasteiger charge is 2.30. The van der Waals surface area contributed by atoms with E-state index < -0.39 is 28.6 Å². The van der Waals surface area contributed by atoms with Crippen molar-refractivity contribution in [2.45, 2.75) is 37.3 Å². The lowest BCUT2D eigenvalue weighted by Crippen LogP contribution is -2.45. The van der Waals surface area contributed by atoms with Gasteiger partial charge in [0.05, 0.1) is 12.4 Å². The fraction of sp³-hybridized carbons (Fsp3) is 0.421. The monoisotopic (exact) mass is 463 g/mol. The molecule has 32 heavy (non-hydrogen) atoms. The Labute approximate surface area is 184 Å². The Morgan fingerprint density at radius 1 is 1.28 bits per heavy atom. The first-order valence-corrected chi connectivity index (χ1v) is 11.5. The van der Waals surface area contributed by atoms with Crippen molar-refractivity contribution in [2.75, 3.05) is 19.0 Å². The molecule has 0 amide bonds. The van der Waals surface area contributed by atoms with Crippen LogP contribution in [0.2, 0.25) is 0 Å². The van der Waals surface area contributed by atoms with Crippen LogP contribution in [-0.4, -0.2) is 64.0 Å². The number of fused-ring (bicyclic) bond motifs is 2. The van der Waals surface area contributed by atoms with Crippen LogP contribution in [0.4, 0.5) is 5.82 Å². The highest BCUT2D eigenvalue weighted by Crippen LogP contribution is 2.34. The summed E-state index contributed by atoms with van der Waals surface area (Å²) in [6.45, 7) is -0.330. The molecule has 1 aliphatic carbocycles. The average molecular weight is 464 g/mol. The van der Waals surface area contributed by atoms with E-state index >= 15 is 0 Å². The number of aliphatic hydroxyl groups is 2. The Morgan fingerprint density at radius 2 is 2.06 bits per heavy atom. The summed E-state index contributed by atoms with van der Waals surface area (Å²) in [7, 11) is -2.71. The molecule has 2 aromatic heterocycles. The first-order chi connectivity index (χ1) is 15.3. The lowest BCUT2D eigenvalue weighted by atomic mass is 10.1. The Morgan fingerprint density at radius 3 is 2.81 bits per heavy atom. The Hall–Kier alpha value is -2.68. The Kier molecular flexibility index (Phi) is 6.37. The van der Waals surface area contributed by atoms with Crippen molar-refractivity contribution in [2.24, 2.45) is 5.14 Å². The zero-order chi connectivity index (χ0) is 22.9. The second kappa shape index (κ2) is 9.05. The summed E-state index contributed by atoms with van der Waals surface area (Å²) in [5, 5.41) is 29.6. The van der Waals surface area contributed by atoms with Crippen LogP contribution in [0.15, 0.2) is 36.9 Å². The van der Waals surface area contributed by atoms with Crippen LogP contribution in [0.25, 0.3) is 11.2 Å². The van der Waals surface area contributed by atoms with Crippen LogP contribution in [0.1, 0.15) is 29.8 Å². The number of nitrogens with one attached hydrogen (secondary N) is 2. The van der Waals surface area contributed by atoms with E-state index in [9.17, 15) is 18.6 Å². The number of nitrogens with two attached hydrogens (primary N) is 1. The van der Waals surface area contributed by atoms with Gasteiger partial charge < -0.3 is 20.3 Å². The third-order valence-corrected chi connectivity index (χ3v) is 6.13. The van der Waals surface area contributed by atoms with Gasteiger partial charge in [-0.2, -0.15) is 13.1 Å². The van der Waals surface area contributed by atoms with Gasteiger partial charge in [0.2, 0.25) is 0 Å². The molecule has 0 spiro atoms. The molecule has 2 heterocycles. The number of rotatable bonds is 9. The van der Waals surface area contributed by atoms with Crippen LogP contribution in [-0.2, 0) is 21.4 Å². The quantitative estimate of drug-likeness (QED) is 0.282. The normalized spacial score (nSPS) is 18.9. The molecule has 0 radical (unpaired) electrons. The number of aromatic nitrogens is 4. The number of aliphatic hydroxyl groups excluding tert-OH is 2. The van der Waals surface area contributed by atoms with E-state index in [4.69, 9.17) is 9.88 Å². The number of aryl methyl sites for hydroxylation is 1. The van der Waals surface area contributed by atoms with Crippen molar-refractivity contribution in [3.05, 3.63) is 48.0 Å². The van der Waals surface area contributed by atoms with Crippen LogP contribution < -0.4 is 15.2 Å². The number of methoxy groups -OCH3 is 1. The number of anilines is 1. The van der Waals surface area contributed by atoms with E-state index in [1.54, 1.807) is 0 Å². The van der Waals surface area contributed by atoms with Gasteiger partial charge in [-0.3, -0.25) is 4.57 Å². The molecule has 0 saturated carbocycles. The molecule has 0 unspecified atom stereocenters. The minimum absolute atomic E-state index is 0.0760. The van der Waals surface area contributed by atoms with Gasteiger partial charge in [-0.1, -0.05) is 24.3 Å². The number of benzene rings is 1. The molecule has 172 valence electrons. The third-order valence-electron chi connectivity index (χ3n) is 5.56. The molecule has 13 heteroatoms. The molecule has 1 aliphatic rings. The SMILES string of the molecule is CO[C@H](CNS(N)(=O)=O)[C@@H](O)[C@@H](O)n1cnc2c(N[C@H]3CCc4ccccc43)ncnc21. The standard InChI is InChI=1S/C19H25N7O5S/c1-31-14(8-24-32(20,29)30)16(27)19(28)26-10-23-15-17(21-9-22-18(15)26)25-13-7-6-11-4-2-3-5-12(11)13/h2-5,9-10,13-14,16,19,24,27-28H,6-8H2,1H3,(H2,20,29,30)(H,21,22,25)/t13-,14+,16+,19+/m0/s1. The van der Waals surface area contributed by atoms with E-state index in [1.165, 1.54) is 35.5 Å². The summed E-state index contributed by atoms with van der Waals surface area (Å²) < 4.78 is 30.7. The number of hydrogen-bond acceptors (Lipinski definition) is 9. The molecular weight excluding hydrogens is 438 g/mol. The van der Waals surface area contributed by atoms with E-state index in [0.29, 0.717) is 17.0 Å². The third kappa shape index (κ3) is 4.57. The second-order valence-corrected chi connectivity index (χ2v) is 8.93. The highest BCUT2D eigenvalue weighted by molar-refractivity contribution is 7.87. The van der Waals surface area contributed by atoms with E-state index in [2.05, 4.69) is 32.4 Å². The maximum absolute atomic E-state index is 11.1. The van der Waals surface area contributed by atoms with Crippen molar-refractivity contribution in [3.63, 3.8) is 0 Å². The fourth-order valence-corrected chi connectivity index (χ4v) is 4.32. The van der Waals surface area contributed by atoms with Gasteiger partial charge in [0.25, 0.3) is 10.2 Å². The van der Waals surface area contributed by atoms with E-state index in [1.807, 2.05) is 16.9 Å². The zero-order valence-corrected chi connectivity index (χ0v) is 18.1. The van der Waals surface area contributed by atoms with Gasteiger partial charge in [-0.05, 0) is 24.0 Å². The molecule has 1 aromatic carbocycles. The molecule has 3 aromatic rings. The van der Waals surface area contributed by atoms with Crippen LogP contribution in [0.5, 0.6) is 0 Å². The minimum Gasteiger partial charge on any atom is -0.386 e. The predicted octanol–water partition coefficient (Wildman–Crippen LogP) is -0.414. The van der Waals surface area contributed by atoms with Crippen LogP contribution in [0.3, 0.4) is 0 Å². The van der Waals surface area contributed by atoms with Crippen molar-refractivity contribution >= 4 is 27.2 Å². The van der Waals surface area contributed by atoms with Crippen LogP contribution >= 0.6 is 0 Å². The highest BCUT2D eigenvalue weighted by atomic mass is 32.2. The molecule has 12 nitrogen and oxygen atoms in total. The topological polar surface area (TPSA) is 178 Å². The summed E-state index contributed by atoms with van der Waals surface area (Å²) in [6, 6.07) is 8.28. The number of imidazole rings is 1. The van der Waals surface area contributed by atoms with Crippen molar-refractivity contribution in [3.8, 4) is 0 Å². The molecule has 0 aliphatic heterocycles. The number of nitrogens with zero attached hydrogens (tertiary/aromatic N) is 4. The molecule has 0 saturated heterocycles. The van der Waals surface area contributed by atoms with Gasteiger partial charge in [-0.25, -0.2) is 20.1 Å². The summed E-state index contributed by atoms with van der Waals surface area (Å²) in [5.74, 6) is 0.510. The molecule has 0 fully saturated rings. The van der Waals surface area contributed by atoms with Crippen molar-refractivity contribution < 1.29 is 23.4 Å². The number of ether oxygens (including phenoxy) is 1.